The molecule has 1 spiro atoms. The summed E-state index contributed by atoms with van der Waals surface area (Å²) in [6.45, 7) is 0. The van der Waals surface area contributed by atoms with Crippen LogP contribution in [0.25, 0.3) is 76.8 Å². The number of benzene rings is 11. The summed E-state index contributed by atoms with van der Waals surface area (Å²) in [6, 6.07) is 87.9. The number of nitrogens with zero attached hydrogens (tertiary/aromatic N) is 1. The summed E-state index contributed by atoms with van der Waals surface area (Å²) < 4.78 is 0. The highest BCUT2D eigenvalue weighted by Crippen LogP contribution is 2.65. The molecule has 1 nitrogen and oxygen atoms in total. The van der Waals surface area contributed by atoms with Crippen LogP contribution in [0.3, 0.4) is 0 Å². The molecule has 1 heteroatoms. The van der Waals surface area contributed by atoms with Crippen LogP contribution in [0, 0.1) is 0 Å². The molecule has 11 aromatic rings. The second-order valence-corrected chi connectivity index (χ2v) is 16.7. The van der Waals surface area contributed by atoms with Gasteiger partial charge in [0.25, 0.3) is 0 Å². The van der Waals surface area contributed by atoms with Gasteiger partial charge in [-0.3, -0.25) is 0 Å². The second-order valence-electron chi connectivity index (χ2n) is 16.7. The lowest BCUT2D eigenvalue weighted by Gasteiger charge is -2.36. The molecule has 0 radical (unpaired) electrons. The van der Waals surface area contributed by atoms with Crippen LogP contribution in [0.5, 0.6) is 0 Å². The molecular formula is C61H39N. The Labute approximate surface area is 361 Å². The summed E-state index contributed by atoms with van der Waals surface area (Å²) in [7, 11) is 0. The third kappa shape index (κ3) is 4.91. The van der Waals surface area contributed by atoms with Crippen molar-refractivity contribution >= 4 is 49.4 Å². The van der Waals surface area contributed by atoms with E-state index in [4.69, 9.17) is 0 Å². The molecule has 0 saturated heterocycles. The first kappa shape index (κ1) is 34.8. The molecule has 0 bridgehead atoms. The Morgan fingerprint density at radius 1 is 0.258 bits per heavy atom. The maximum absolute atomic E-state index is 2.53. The van der Waals surface area contributed by atoms with Gasteiger partial charge >= 0.3 is 0 Å². The van der Waals surface area contributed by atoms with Crippen LogP contribution in [0.4, 0.5) is 17.1 Å². The lowest BCUT2D eigenvalue weighted by Crippen LogP contribution is -2.28. The maximum atomic E-state index is 2.53. The van der Waals surface area contributed by atoms with Crippen LogP contribution in [0.1, 0.15) is 22.3 Å². The predicted octanol–water partition coefficient (Wildman–Crippen LogP) is 16.3. The van der Waals surface area contributed by atoms with E-state index in [0.717, 1.165) is 11.4 Å². The van der Waals surface area contributed by atoms with Crippen molar-refractivity contribution < 1.29 is 0 Å². The Bertz CT molecular complexity index is 3460. The van der Waals surface area contributed by atoms with Gasteiger partial charge in [0.1, 0.15) is 0 Å². The Kier molecular flexibility index (Phi) is 7.59. The van der Waals surface area contributed by atoms with Crippen molar-refractivity contribution in [3.05, 3.63) is 259 Å². The summed E-state index contributed by atoms with van der Waals surface area (Å²) in [5.74, 6) is 0. The minimum atomic E-state index is -0.506. The van der Waals surface area contributed by atoms with E-state index >= 15 is 0 Å². The fourth-order valence-electron chi connectivity index (χ4n) is 11.1. The third-order valence-corrected chi connectivity index (χ3v) is 13.7. The predicted molar refractivity (Wildman–Crippen MR) is 261 cm³/mol. The smallest absolute Gasteiger partial charge is 0.0746 e. The summed E-state index contributed by atoms with van der Waals surface area (Å²) in [5.41, 5.74) is 18.2. The number of hydrogen-bond acceptors (Lipinski definition) is 1. The van der Waals surface area contributed by atoms with E-state index in [-0.39, 0.29) is 0 Å². The van der Waals surface area contributed by atoms with Gasteiger partial charge in [0.2, 0.25) is 0 Å². The molecule has 0 N–H and O–H groups in total. The fourth-order valence-corrected chi connectivity index (χ4v) is 11.1. The van der Waals surface area contributed by atoms with Gasteiger partial charge in [0.15, 0.2) is 0 Å². The number of rotatable bonds is 5. The molecule has 13 rings (SSSR count). The molecule has 2 aliphatic rings. The van der Waals surface area contributed by atoms with Crippen molar-refractivity contribution in [2.24, 2.45) is 0 Å². The number of hydrogen-bond donors (Lipinski definition) is 0. The first-order chi connectivity index (χ1) is 30.8. The van der Waals surface area contributed by atoms with Gasteiger partial charge in [-0.15, -0.1) is 0 Å². The van der Waals surface area contributed by atoms with Crippen molar-refractivity contribution in [2.75, 3.05) is 4.90 Å². The molecule has 288 valence electrons. The zero-order valence-corrected chi connectivity index (χ0v) is 34.0. The van der Waals surface area contributed by atoms with Crippen molar-refractivity contribution in [2.45, 2.75) is 5.41 Å². The van der Waals surface area contributed by atoms with Gasteiger partial charge in [0.05, 0.1) is 11.1 Å². The topological polar surface area (TPSA) is 3.24 Å². The molecule has 0 atom stereocenters. The van der Waals surface area contributed by atoms with Crippen LogP contribution < -0.4 is 4.90 Å². The second kappa shape index (κ2) is 13.5. The van der Waals surface area contributed by atoms with Crippen LogP contribution in [-0.2, 0) is 5.41 Å². The number of anilines is 3. The summed E-state index contributed by atoms with van der Waals surface area (Å²) in [4.78, 5) is 2.53. The SMILES string of the molecule is c1ccc(-c2ccc(-c3ccc(N(c4ccc5c6ccccc6c6ccccc6c5c4)c4cccc5c4C4(c6ccccc6-c6ccccc64)c4ccccc4-5)cc3)cc2)cc1. The summed E-state index contributed by atoms with van der Waals surface area (Å²) in [6.07, 6.45) is 0. The average molecular weight is 786 g/mol. The van der Waals surface area contributed by atoms with E-state index in [2.05, 4.69) is 241 Å². The molecule has 0 aromatic heterocycles. The standard InChI is InChI=1S/C61H39N/c1-2-15-40(16-3-1)41-29-31-42(32-30-41)43-33-35-44(36-34-43)62(45-37-38-50-48-19-5-4-17-46(48)47-18-6-7-20-49(47)55(50)39-45)59-28-14-24-54-53-23-10-13-27-58(53)61(60(54)59)56-25-11-8-21-51(56)52-22-9-12-26-57(52)61/h1-39H. The molecule has 11 aromatic carbocycles. The van der Waals surface area contributed by atoms with E-state index in [9.17, 15) is 0 Å². The highest BCUT2D eigenvalue weighted by molar-refractivity contribution is 6.26. The number of fused-ring (bicyclic) bond motifs is 16. The van der Waals surface area contributed by atoms with Crippen molar-refractivity contribution in [1.29, 1.82) is 0 Å². The fraction of sp³-hybridized carbons (Fsp3) is 0.0164. The van der Waals surface area contributed by atoms with Gasteiger partial charge < -0.3 is 4.90 Å². The Morgan fingerprint density at radius 3 is 1.19 bits per heavy atom. The Balaban J connectivity index is 1.07. The van der Waals surface area contributed by atoms with E-state index < -0.39 is 5.41 Å². The third-order valence-electron chi connectivity index (χ3n) is 13.7. The molecule has 2 aliphatic carbocycles. The molecule has 0 aliphatic heterocycles. The van der Waals surface area contributed by atoms with Crippen molar-refractivity contribution in [1.82, 2.24) is 0 Å². The average Bonchev–Trinajstić information content (AvgIpc) is 3.83. The lowest BCUT2D eigenvalue weighted by molar-refractivity contribution is 0.793. The molecule has 0 amide bonds. The van der Waals surface area contributed by atoms with Crippen LogP contribution >= 0.6 is 0 Å². The highest BCUT2D eigenvalue weighted by atomic mass is 15.1. The van der Waals surface area contributed by atoms with Crippen LogP contribution in [0.2, 0.25) is 0 Å². The highest BCUT2D eigenvalue weighted by Gasteiger charge is 2.53. The van der Waals surface area contributed by atoms with Gasteiger partial charge in [-0.2, -0.15) is 0 Å². The van der Waals surface area contributed by atoms with E-state index in [1.165, 1.54) is 105 Å². The van der Waals surface area contributed by atoms with Crippen molar-refractivity contribution in [3.63, 3.8) is 0 Å². The zero-order chi connectivity index (χ0) is 40.8. The largest absolute Gasteiger partial charge is 0.310 e. The molecule has 62 heavy (non-hydrogen) atoms. The Hall–Kier alpha value is -8.00. The maximum Gasteiger partial charge on any atom is 0.0746 e. The normalized spacial score (nSPS) is 13.0. The van der Waals surface area contributed by atoms with E-state index in [0.29, 0.717) is 0 Å². The van der Waals surface area contributed by atoms with Gasteiger partial charge in [-0.25, -0.2) is 0 Å². The molecule has 0 saturated carbocycles. The van der Waals surface area contributed by atoms with E-state index in [1.807, 2.05) is 0 Å². The van der Waals surface area contributed by atoms with Crippen LogP contribution in [-0.4, -0.2) is 0 Å². The van der Waals surface area contributed by atoms with E-state index in [1.54, 1.807) is 0 Å². The minimum Gasteiger partial charge on any atom is -0.310 e. The first-order valence-electron chi connectivity index (χ1n) is 21.6. The lowest BCUT2D eigenvalue weighted by atomic mass is 9.70. The first-order valence-corrected chi connectivity index (χ1v) is 21.6. The monoisotopic (exact) mass is 785 g/mol. The van der Waals surface area contributed by atoms with Crippen LogP contribution in [0.15, 0.2) is 237 Å². The molecule has 0 heterocycles. The van der Waals surface area contributed by atoms with Gasteiger partial charge in [-0.05, 0) is 124 Å². The quantitative estimate of drug-likeness (QED) is 0.157. The van der Waals surface area contributed by atoms with Crippen molar-refractivity contribution in [3.8, 4) is 44.5 Å². The minimum absolute atomic E-state index is 0.506. The van der Waals surface area contributed by atoms with Gasteiger partial charge in [0, 0.05) is 16.9 Å². The molecule has 0 unspecified atom stereocenters. The summed E-state index contributed by atoms with van der Waals surface area (Å²) in [5, 5.41) is 7.61. The molecular weight excluding hydrogens is 747 g/mol. The Morgan fingerprint density at radius 2 is 0.645 bits per heavy atom. The zero-order valence-electron chi connectivity index (χ0n) is 34.0. The summed E-state index contributed by atoms with van der Waals surface area (Å²) >= 11 is 0. The molecule has 0 fully saturated rings. The van der Waals surface area contributed by atoms with Gasteiger partial charge in [-0.1, -0.05) is 206 Å².